The van der Waals surface area contributed by atoms with Gasteiger partial charge in [-0.1, -0.05) is 36.4 Å². The molecule has 140 valence electrons. The van der Waals surface area contributed by atoms with Crippen molar-refractivity contribution in [2.24, 2.45) is 11.7 Å². The van der Waals surface area contributed by atoms with E-state index in [2.05, 4.69) is 10.3 Å². The first-order valence-electron chi connectivity index (χ1n) is 9.40. The summed E-state index contributed by atoms with van der Waals surface area (Å²) in [5.41, 5.74) is 7.42. The summed E-state index contributed by atoms with van der Waals surface area (Å²) in [5.74, 6) is 0.572. The molecule has 2 amide bonds. The Kier molecular flexibility index (Phi) is 4.79. The third-order valence-corrected chi connectivity index (χ3v) is 4.99. The number of nitrogens with one attached hydrogen (secondary N) is 1. The molecule has 1 aromatic carbocycles. The van der Waals surface area contributed by atoms with Crippen LogP contribution in [0, 0.1) is 5.92 Å². The lowest BCUT2D eigenvalue weighted by Crippen LogP contribution is -2.37. The fourth-order valence-corrected chi connectivity index (χ4v) is 3.05. The Morgan fingerprint density at radius 3 is 2.48 bits per heavy atom. The number of hydrogen-bond acceptors (Lipinski definition) is 4. The summed E-state index contributed by atoms with van der Waals surface area (Å²) < 4.78 is 5.91. The number of nitrogens with zero attached hydrogens (tertiary/aromatic N) is 1. The van der Waals surface area contributed by atoms with Gasteiger partial charge in [0.05, 0.1) is 6.61 Å². The maximum atomic E-state index is 12.7. The van der Waals surface area contributed by atoms with Gasteiger partial charge in [-0.3, -0.25) is 9.59 Å². The van der Waals surface area contributed by atoms with Crippen molar-refractivity contribution in [3.63, 3.8) is 0 Å². The minimum absolute atomic E-state index is 0.229. The Morgan fingerprint density at radius 2 is 1.85 bits per heavy atom. The lowest BCUT2D eigenvalue weighted by Gasteiger charge is -2.16. The van der Waals surface area contributed by atoms with E-state index in [1.807, 2.05) is 12.1 Å². The zero-order valence-corrected chi connectivity index (χ0v) is 15.1. The second-order valence-electron chi connectivity index (χ2n) is 7.34. The Balaban J connectivity index is 1.53. The van der Waals surface area contributed by atoms with Gasteiger partial charge in [0.1, 0.15) is 11.7 Å². The molecule has 2 aliphatic rings. The maximum absolute atomic E-state index is 12.7. The third-order valence-electron chi connectivity index (χ3n) is 4.99. The highest BCUT2D eigenvalue weighted by Crippen LogP contribution is 2.44. The van der Waals surface area contributed by atoms with Crippen LogP contribution in [0.25, 0.3) is 0 Å². The molecule has 1 heterocycles. The molecule has 0 unspecified atom stereocenters. The molecule has 6 nitrogen and oxygen atoms in total. The molecule has 27 heavy (non-hydrogen) atoms. The number of ether oxygens (including phenoxy) is 1. The summed E-state index contributed by atoms with van der Waals surface area (Å²) >= 11 is 0. The Hall–Kier alpha value is -2.89. The highest BCUT2D eigenvalue weighted by molar-refractivity contribution is 5.96. The summed E-state index contributed by atoms with van der Waals surface area (Å²) in [6.45, 7) is 0.645. The van der Waals surface area contributed by atoms with Gasteiger partial charge in [-0.25, -0.2) is 4.98 Å². The number of hydrogen-bond donors (Lipinski definition) is 2. The topological polar surface area (TPSA) is 94.3 Å². The summed E-state index contributed by atoms with van der Waals surface area (Å²) in [4.78, 5) is 29.0. The molecule has 0 radical (unpaired) electrons. The van der Waals surface area contributed by atoms with Gasteiger partial charge < -0.3 is 15.8 Å². The van der Waals surface area contributed by atoms with E-state index in [4.69, 9.17) is 10.5 Å². The standard InChI is InChI=1S/C21H23N3O3/c22-19(25)18(15-4-2-1-3-5-15)24-20(26)17-11-10-16(14-8-9-14)21(23-17)27-12-13-6-7-13/h1-5,10-11,13-14,18H,6-9,12H2,(H2,22,25)(H,24,26)/t18-/m1/s1. The molecule has 2 saturated carbocycles. The van der Waals surface area contributed by atoms with Crippen molar-refractivity contribution in [1.82, 2.24) is 10.3 Å². The molecule has 1 atom stereocenters. The molecule has 6 heteroatoms. The highest BCUT2D eigenvalue weighted by Gasteiger charge is 2.30. The second kappa shape index (κ2) is 7.39. The van der Waals surface area contributed by atoms with Gasteiger partial charge in [0.15, 0.2) is 0 Å². The van der Waals surface area contributed by atoms with Crippen LogP contribution >= 0.6 is 0 Å². The lowest BCUT2D eigenvalue weighted by atomic mass is 10.1. The van der Waals surface area contributed by atoms with Crippen molar-refractivity contribution in [1.29, 1.82) is 0 Å². The van der Waals surface area contributed by atoms with Gasteiger partial charge in [0.2, 0.25) is 11.8 Å². The van der Waals surface area contributed by atoms with Gasteiger partial charge in [-0.2, -0.15) is 0 Å². The summed E-state index contributed by atoms with van der Waals surface area (Å²) in [6, 6.07) is 11.6. The molecule has 0 saturated heterocycles. The minimum atomic E-state index is -0.903. The van der Waals surface area contributed by atoms with Gasteiger partial charge in [0, 0.05) is 5.56 Å². The third kappa shape index (κ3) is 4.27. The quantitative estimate of drug-likeness (QED) is 0.752. The number of nitrogens with two attached hydrogens (primary N) is 1. The van der Waals surface area contributed by atoms with E-state index < -0.39 is 17.9 Å². The van der Waals surface area contributed by atoms with E-state index in [1.165, 1.54) is 12.8 Å². The minimum Gasteiger partial charge on any atom is -0.477 e. The smallest absolute Gasteiger partial charge is 0.270 e. The van der Waals surface area contributed by atoms with E-state index in [1.54, 1.807) is 30.3 Å². The number of carbonyl (C=O) groups is 2. The van der Waals surface area contributed by atoms with Crippen molar-refractivity contribution in [3.05, 3.63) is 59.3 Å². The number of benzene rings is 1. The molecule has 2 fully saturated rings. The van der Waals surface area contributed by atoms with Gasteiger partial charge in [0.25, 0.3) is 5.91 Å². The average molecular weight is 365 g/mol. The molecular weight excluding hydrogens is 342 g/mol. The summed E-state index contributed by atoms with van der Waals surface area (Å²) in [5, 5.41) is 2.69. The van der Waals surface area contributed by atoms with Crippen LogP contribution in [-0.4, -0.2) is 23.4 Å². The lowest BCUT2D eigenvalue weighted by molar-refractivity contribution is -0.120. The van der Waals surface area contributed by atoms with Crippen LogP contribution in [0.2, 0.25) is 0 Å². The van der Waals surface area contributed by atoms with E-state index >= 15 is 0 Å². The molecule has 0 bridgehead atoms. The van der Waals surface area contributed by atoms with Gasteiger partial charge in [-0.05, 0) is 49.1 Å². The van der Waals surface area contributed by atoms with Crippen LogP contribution in [0.15, 0.2) is 42.5 Å². The molecule has 1 aromatic heterocycles. The molecule has 3 N–H and O–H groups in total. The van der Waals surface area contributed by atoms with Crippen molar-refractivity contribution < 1.29 is 14.3 Å². The molecule has 0 aliphatic heterocycles. The van der Waals surface area contributed by atoms with Gasteiger partial charge in [-0.15, -0.1) is 0 Å². The fourth-order valence-electron chi connectivity index (χ4n) is 3.05. The largest absolute Gasteiger partial charge is 0.477 e. The van der Waals surface area contributed by atoms with Crippen LogP contribution < -0.4 is 15.8 Å². The highest BCUT2D eigenvalue weighted by atomic mass is 16.5. The molecule has 2 aliphatic carbocycles. The number of pyridine rings is 1. The first kappa shape index (κ1) is 17.5. The van der Waals surface area contributed by atoms with E-state index in [-0.39, 0.29) is 5.69 Å². The maximum Gasteiger partial charge on any atom is 0.270 e. The molecule has 0 spiro atoms. The number of rotatable bonds is 8. The Morgan fingerprint density at radius 1 is 1.11 bits per heavy atom. The molecule has 4 rings (SSSR count). The van der Waals surface area contributed by atoms with Crippen LogP contribution in [0.3, 0.4) is 0 Å². The zero-order chi connectivity index (χ0) is 18.8. The number of carbonyl (C=O) groups excluding carboxylic acids is 2. The fraction of sp³-hybridized carbons (Fsp3) is 0.381. The van der Waals surface area contributed by atoms with Crippen molar-refractivity contribution in [2.45, 2.75) is 37.6 Å². The zero-order valence-electron chi connectivity index (χ0n) is 15.1. The van der Waals surface area contributed by atoms with E-state index in [0.29, 0.717) is 29.9 Å². The average Bonchev–Trinajstić information content (AvgIpc) is 3.58. The predicted octanol–water partition coefficient (Wildman–Crippen LogP) is 2.70. The second-order valence-corrected chi connectivity index (χ2v) is 7.34. The Bertz CT molecular complexity index is 845. The van der Waals surface area contributed by atoms with Crippen LogP contribution in [0.1, 0.15) is 59.3 Å². The first-order chi connectivity index (χ1) is 13.1. The predicted molar refractivity (Wildman–Crippen MR) is 100 cm³/mol. The molecular formula is C21H23N3O3. The van der Waals surface area contributed by atoms with E-state index in [0.717, 1.165) is 18.4 Å². The van der Waals surface area contributed by atoms with Gasteiger partial charge >= 0.3 is 0 Å². The Labute approximate surface area is 158 Å². The van der Waals surface area contributed by atoms with Crippen molar-refractivity contribution in [2.75, 3.05) is 6.61 Å². The first-order valence-corrected chi connectivity index (χ1v) is 9.40. The van der Waals surface area contributed by atoms with Crippen molar-refractivity contribution in [3.8, 4) is 5.88 Å². The number of amides is 2. The SMILES string of the molecule is NC(=O)[C@H](NC(=O)c1ccc(C2CC2)c(OCC2CC2)n1)c1ccccc1. The summed E-state index contributed by atoms with van der Waals surface area (Å²) in [7, 11) is 0. The normalized spacial score (nSPS) is 17.2. The van der Waals surface area contributed by atoms with E-state index in [9.17, 15) is 9.59 Å². The summed E-state index contributed by atoms with van der Waals surface area (Å²) in [6.07, 6.45) is 4.64. The molecule has 2 aromatic rings. The monoisotopic (exact) mass is 365 g/mol. The van der Waals surface area contributed by atoms with Crippen LogP contribution in [0.4, 0.5) is 0 Å². The van der Waals surface area contributed by atoms with Crippen LogP contribution in [-0.2, 0) is 4.79 Å². The van der Waals surface area contributed by atoms with Crippen molar-refractivity contribution >= 4 is 11.8 Å². The number of aromatic nitrogens is 1. The number of primary amides is 1. The van der Waals surface area contributed by atoms with Crippen LogP contribution in [0.5, 0.6) is 5.88 Å².